The van der Waals surface area contributed by atoms with E-state index in [9.17, 15) is 9.59 Å². The minimum Gasteiger partial charge on any atom is -0.478 e. The van der Waals surface area contributed by atoms with Crippen LogP contribution in [0.4, 0.5) is 0 Å². The second-order valence-corrected chi connectivity index (χ2v) is 6.77. The highest BCUT2D eigenvalue weighted by atomic mass is 16.5. The number of benzene rings is 3. The molecule has 0 aromatic heterocycles. The number of carbonyl (C=O) groups is 2. The number of rotatable bonds is 6. The first-order valence-electron chi connectivity index (χ1n) is 8.64. The van der Waals surface area contributed by atoms with Gasteiger partial charge >= 0.3 is 5.97 Å². The fourth-order valence-electron chi connectivity index (χ4n) is 2.77. The SMILES string of the molecule is CC(C)(Oc1cccc2ccccc12)C(=O)NCc1ccc(C(=O)O)cc1. The van der Waals surface area contributed by atoms with E-state index in [2.05, 4.69) is 5.32 Å². The summed E-state index contributed by atoms with van der Waals surface area (Å²) in [5.74, 6) is -0.577. The highest BCUT2D eigenvalue weighted by Gasteiger charge is 2.30. The molecule has 2 N–H and O–H groups in total. The summed E-state index contributed by atoms with van der Waals surface area (Å²) in [4.78, 5) is 23.5. The predicted molar refractivity (Wildman–Crippen MR) is 104 cm³/mol. The maximum absolute atomic E-state index is 12.6. The topological polar surface area (TPSA) is 75.6 Å². The summed E-state index contributed by atoms with van der Waals surface area (Å²) in [6.07, 6.45) is 0. The summed E-state index contributed by atoms with van der Waals surface area (Å²) in [6.45, 7) is 3.73. The van der Waals surface area contributed by atoms with Gasteiger partial charge in [0.05, 0.1) is 5.56 Å². The maximum Gasteiger partial charge on any atom is 0.335 e. The molecule has 0 fully saturated rings. The average Bonchev–Trinajstić information content (AvgIpc) is 2.66. The number of carboxylic acid groups (broad SMARTS) is 1. The lowest BCUT2D eigenvalue weighted by Crippen LogP contribution is -2.46. The fraction of sp³-hybridized carbons (Fsp3) is 0.182. The van der Waals surface area contributed by atoms with Gasteiger partial charge in [-0.3, -0.25) is 4.79 Å². The number of carboxylic acids is 1. The van der Waals surface area contributed by atoms with Crippen LogP contribution in [0.1, 0.15) is 29.8 Å². The van der Waals surface area contributed by atoms with Crippen molar-refractivity contribution < 1.29 is 19.4 Å². The van der Waals surface area contributed by atoms with Crippen molar-refractivity contribution in [1.29, 1.82) is 0 Å². The highest BCUT2D eigenvalue weighted by Crippen LogP contribution is 2.28. The van der Waals surface area contributed by atoms with Crippen LogP contribution < -0.4 is 10.1 Å². The lowest BCUT2D eigenvalue weighted by molar-refractivity contribution is -0.134. The highest BCUT2D eigenvalue weighted by molar-refractivity contribution is 5.90. The molecule has 0 atom stereocenters. The van der Waals surface area contributed by atoms with Gasteiger partial charge < -0.3 is 15.2 Å². The molecule has 27 heavy (non-hydrogen) atoms. The predicted octanol–water partition coefficient (Wildman–Crippen LogP) is 4.01. The molecule has 0 aliphatic rings. The van der Waals surface area contributed by atoms with Gasteiger partial charge in [-0.25, -0.2) is 4.79 Å². The van der Waals surface area contributed by atoms with Crippen molar-refractivity contribution in [3.05, 3.63) is 77.9 Å². The average molecular weight is 363 g/mol. The second-order valence-electron chi connectivity index (χ2n) is 6.77. The Morgan fingerprint density at radius 1 is 0.963 bits per heavy atom. The first kappa shape index (κ1) is 18.5. The molecule has 5 heteroatoms. The Balaban J connectivity index is 1.68. The number of fused-ring (bicyclic) bond motifs is 1. The normalized spacial score (nSPS) is 11.2. The molecule has 1 amide bonds. The van der Waals surface area contributed by atoms with Crippen molar-refractivity contribution in [2.75, 3.05) is 0 Å². The third kappa shape index (κ3) is 4.26. The molecule has 3 aromatic rings. The molecule has 138 valence electrons. The van der Waals surface area contributed by atoms with E-state index in [1.165, 1.54) is 12.1 Å². The minimum atomic E-state index is -1.06. The Bertz CT molecular complexity index is 972. The van der Waals surface area contributed by atoms with E-state index in [0.717, 1.165) is 16.3 Å². The van der Waals surface area contributed by atoms with Gasteiger partial charge in [0.1, 0.15) is 5.75 Å². The van der Waals surface area contributed by atoms with Crippen LogP contribution in [0, 0.1) is 0 Å². The van der Waals surface area contributed by atoms with Gasteiger partial charge in [-0.05, 0) is 43.0 Å². The molecule has 0 unspecified atom stereocenters. The molecular weight excluding hydrogens is 342 g/mol. The molecule has 0 radical (unpaired) electrons. The molecule has 0 aliphatic heterocycles. The van der Waals surface area contributed by atoms with E-state index < -0.39 is 11.6 Å². The molecule has 0 aliphatic carbocycles. The molecule has 0 saturated heterocycles. The van der Waals surface area contributed by atoms with Crippen molar-refractivity contribution in [2.45, 2.75) is 26.0 Å². The molecule has 0 spiro atoms. The Hall–Kier alpha value is -3.34. The van der Waals surface area contributed by atoms with Gasteiger partial charge in [0.2, 0.25) is 0 Å². The van der Waals surface area contributed by atoms with Crippen LogP contribution in [0.2, 0.25) is 0 Å². The number of ether oxygens (including phenoxy) is 1. The van der Waals surface area contributed by atoms with E-state index in [1.54, 1.807) is 26.0 Å². The quantitative estimate of drug-likeness (QED) is 0.694. The monoisotopic (exact) mass is 363 g/mol. The van der Waals surface area contributed by atoms with Crippen LogP contribution >= 0.6 is 0 Å². The lowest BCUT2D eigenvalue weighted by Gasteiger charge is -2.26. The smallest absolute Gasteiger partial charge is 0.335 e. The maximum atomic E-state index is 12.6. The number of amides is 1. The second kappa shape index (κ2) is 7.50. The molecule has 0 saturated carbocycles. The molecular formula is C22H21NO4. The zero-order valence-corrected chi connectivity index (χ0v) is 15.2. The fourth-order valence-corrected chi connectivity index (χ4v) is 2.77. The molecule has 3 rings (SSSR count). The molecule has 3 aromatic carbocycles. The third-order valence-electron chi connectivity index (χ3n) is 4.32. The number of aromatic carboxylic acids is 1. The van der Waals surface area contributed by atoms with Crippen molar-refractivity contribution in [1.82, 2.24) is 5.32 Å². The first-order valence-corrected chi connectivity index (χ1v) is 8.64. The van der Waals surface area contributed by atoms with Crippen LogP contribution in [0.3, 0.4) is 0 Å². The van der Waals surface area contributed by atoms with Gasteiger partial charge in [-0.1, -0.05) is 48.5 Å². The summed E-state index contributed by atoms with van der Waals surface area (Å²) in [5.41, 5.74) is -0.0375. The van der Waals surface area contributed by atoms with Crippen molar-refractivity contribution in [3.63, 3.8) is 0 Å². The Morgan fingerprint density at radius 2 is 1.63 bits per heavy atom. The number of hydrogen-bond donors (Lipinski definition) is 2. The molecule has 5 nitrogen and oxygen atoms in total. The van der Waals surface area contributed by atoms with E-state index >= 15 is 0 Å². The van der Waals surface area contributed by atoms with Gasteiger partial charge in [0, 0.05) is 11.9 Å². The van der Waals surface area contributed by atoms with Crippen LogP contribution in [0.15, 0.2) is 66.7 Å². The van der Waals surface area contributed by atoms with Gasteiger partial charge in [0.25, 0.3) is 5.91 Å². The molecule has 0 bridgehead atoms. The first-order chi connectivity index (χ1) is 12.9. The number of hydrogen-bond acceptors (Lipinski definition) is 3. The van der Waals surface area contributed by atoms with Gasteiger partial charge in [0.15, 0.2) is 5.60 Å². The minimum absolute atomic E-state index is 0.213. The lowest BCUT2D eigenvalue weighted by atomic mass is 10.1. The van der Waals surface area contributed by atoms with E-state index in [4.69, 9.17) is 9.84 Å². The molecule has 0 heterocycles. The van der Waals surface area contributed by atoms with E-state index in [-0.39, 0.29) is 11.5 Å². The standard InChI is InChI=1S/C22H21NO4/c1-22(2,27-19-9-5-7-16-6-3-4-8-18(16)19)21(26)23-14-15-10-12-17(13-11-15)20(24)25/h3-13H,14H2,1-2H3,(H,23,26)(H,24,25). The van der Waals surface area contributed by atoms with Crippen LogP contribution in [0.5, 0.6) is 5.75 Å². The largest absolute Gasteiger partial charge is 0.478 e. The summed E-state index contributed by atoms with van der Waals surface area (Å²) in [7, 11) is 0. The Morgan fingerprint density at radius 3 is 2.33 bits per heavy atom. The van der Waals surface area contributed by atoms with E-state index in [1.807, 2.05) is 42.5 Å². The zero-order valence-electron chi connectivity index (χ0n) is 15.2. The summed E-state index contributed by atoms with van der Waals surface area (Å²) in [5, 5.41) is 13.8. The van der Waals surface area contributed by atoms with Crippen molar-refractivity contribution in [2.24, 2.45) is 0 Å². The Kier molecular flexibility index (Phi) is 5.12. The van der Waals surface area contributed by atoms with E-state index in [0.29, 0.717) is 12.3 Å². The number of nitrogens with one attached hydrogen (secondary N) is 1. The van der Waals surface area contributed by atoms with Crippen LogP contribution in [0.25, 0.3) is 10.8 Å². The third-order valence-corrected chi connectivity index (χ3v) is 4.32. The van der Waals surface area contributed by atoms with Crippen LogP contribution in [-0.4, -0.2) is 22.6 Å². The van der Waals surface area contributed by atoms with Crippen LogP contribution in [-0.2, 0) is 11.3 Å². The zero-order chi connectivity index (χ0) is 19.4. The summed E-state index contributed by atoms with van der Waals surface area (Å²) >= 11 is 0. The Labute approximate surface area is 157 Å². The summed E-state index contributed by atoms with van der Waals surface area (Å²) in [6, 6.07) is 20.0. The van der Waals surface area contributed by atoms with Crippen molar-refractivity contribution in [3.8, 4) is 5.75 Å². The summed E-state index contributed by atoms with van der Waals surface area (Å²) < 4.78 is 6.03. The van der Waals surface area contributed by atoms with Crippen molar-refractivity contribution >= 4 is 22.6 Å². The number of carbonyl (C=O) groups excluding carboxylic acids is 1. The van der Waals surface area contributed by atoms with Gasteiger partial charge in [-0.2, -0.15) is 0 Å². The van der Waals surface area contributed by atoms with Gasteiger partial charge in [-0.15, -0.1) is 0 Å².